The molecule has 13 heteroatoms. The molecule has 13 nitrogen and oxygen atoms in total. The van der Waals surface area contributed by atoms with Gasteiger partial charge < -0.3 is 50.2 Å². The summed E-state index contributed by atoms with van der Waals surface area (Å²) in [5.74, 6) is -7.85. The zero-order chi connectivity index (χ0) is 33.1. The van der Waals surface area contributed by atoms with Gasteiger partial charge in [-0.15, -0.1) is 0 Å². The predicted octanol–water partition coefficient (Wildman–Crippen LogP) is 2.75. The second-order valence-electron chi connectivity index (χ2n) is 12.2. The van der Waals surface area contributed by atoms with E-state index in [4.69, 9.17) is 24.7 Å². The number of phenolic OH excluding ortho intramolecular Hbond substituents is 1. The van der Waals surface area contributed by atoms with Crippen molar-refractivity contribution in [2.24, 2.45) is 17.6 Å². The zero-order valence-corrected chi connectivity index (χ0v) is 24.6. The first-order valence-electron chi connectivity index (χ1n) is 14.8. The molecule has 1 amide bonds. The number of carbonyl (C=O) groups is 3. The molecule has 0 spiro atoms. The van der Waals surface area contributed by atoms with E-state index in [9.17, 15) is 39.9 Å². The van der Waals surface area contributed by atoms with Crippen LogP contribution in [0.5, 0.6) is 28.7 Å². The lowest BCUT2D eigenvalue weighted by Crippen LogP contribution is -2.63. The summed E-state index contributed by atoms with van der Waals surface area (Å²) in [6, 6.07) is 12.0. The number of aliphatic hydroxyl groups excluding tert-OH is 3. The third-order valence-corrected chi connectivity index (χ3v) is 9.97. The van der Waals surface area contributed by atoms with Crippen LogP contribution in [0.2, 0.25) is 0 Å². The number of phenols is 1. The Kier molecular flexibility index (Phi) is 5.99. The molecule has 1 saturated carbocycles. The van der Waals surface area contributed by atoms with E-state index in [1.54, 1.807) is 49.4 Å². The van der Waals surface area contributed by atoms with Gasteiger partial charge in [0.05, 0.1) is 11.7 Å². The summed E-state index contributed by atoms with van der Waals surface area (Å²) >= 11 is 0. The van der Waals surface area contributed by atoms with E-state index in [1.165, 1.54) is 0 Å². The molecule has 47 heavy (non-hydrogen) atoms. The van der Waals surface area contributed by atoms with Gasteiger partial charge in [0.1, 0.15) is 22.8 Å². The number of amides is 1. The maximum atomic E-state index is 14.2. The number of aromatic hydroxyl groups is 1. The number of hydrogen-bond donors (Lipinski definition) is 6. The summed E-state index contributed by atoms with van der Waals surface area (Å²) in [5.41, 5.74) is 2.83. The minimum atomic E-state index is -2.95. The van der Waals surface area contributed by atoms with Crippen LogP contribution >= 0.6 is 0 Å². The first-order valence-corrected chi connectivity index (χ1v) is 14.8. The predicted molar refractivity (Wildman–Crippen MR) is 161 cm³/mol. The first-order chi connectivity index (χ1) is 22.4. The van der Waals surface area contributed by atoms with Crippen LogP contribution in [0.3, 0.4) is 0 Å². The van der Waals surface area contributed by atoms with E-state index in [-0.39, 0.29) is 24.7 Å². The SMILES string of the molecule is CC1c2c(-c3ccc4c(c3)OCO4)cc(-c3cccc4c3OCO4)c(O)c2C(O)=C2C(=O)C3(O)C(O)=C(C(N)=O)C(=O)CC3C(O)C21. The Morgan fingerprint density at radius 3 is 2.40 bits per heavy atom. The molecule has 0 saturated heterocycles. The lowest BCUT2D eigenvalue weighted by molar-refractivity contribution is -0.160. The van der Waals surface area contributed by atoms with Crippen molar-refractivity contribution in [3.63, 3.8) is 0 Å². The quantitative estimate of drug-likeness (QED) is 0.228. The maximum Gasteiger partial charge on any atom is 0.255 e. The highest BCUT2D eigenvalue weighted by Crippen LogP contribution is 2.59. The molecule has 240 valence electrons. The van der Waals surface area contributed by atoms with Crippen LogP contribution in [0.4, 0.5) is 0 Å². The summed E-state index contributed by atoms with van der Waals surface area (Å²) in [6.45, 7) is 1.64. The van der Waals surface area contributed by atoms with E-state index in [2.05, 4.69) is 0 Å². The van der Waals surface area contributed by atoms with Crippen LogP contribution in [0, 0.1) is 11.8 Å². The minimum Gasteiger partial charge on any atom is -0.508 e. The molecule has 7 N–H and O–H groups in total. The molecule has 2 heterocycles. The molecule has 5 atom stereocenters. The molecule has 0 radical (unpaired) electrons. The molecule has 0 bridgehead atoms. The van der Waals surface area contributed by atoms with Crippen LogP contribution in [0.25, 0.3) is 28.0 Å². The number of rotatable bonds is 3. The van der Waals surface area contributed by atoms with Crippen molar-refractivity contribution in [3.8, 4) is 51.0 Å². The number of carbonyl (C=O) groups excluding carboxylic acids is 3. The summed E-state index contributed by atoms with van der Waals surface area (Å²) in [4.78, 5) is 39.1. The van der Waals surface area contributed by atoms with Crippen LogP contribution < -0.4 is 24.7 Å². The first kappa shape index (κ1) is 28.9. The Morgan fingerprint density at radius 1 is 0.915 bits per heavy atom. The number of fused-ring (bicyclic) bond motifs is 5. The number of nitrogens with two attached hydrogens (primary N) is 1. The third-order valence-electron chi connectivity index (χ3n) is 9.97. The second kappa shape index (κ2) is 9.74. The monoisotopic (exact) mass is 641 g/mol. The average Bonchev–Trinajstić information content (AvgIpc) is 3.72. The molecule has 3 aromatic rings. The summed E-state index contributed by atoms with van der Waals surface area (Å²) in [6.07, 6.45) is -2.34. The molecule has 2 aliphatic heterocycles. The van der Waals surface area contributed by atoms with Crippen molar-refractivity contribution in [3.05, 3.63) is 70.5 Å². The minimum absolute atomic E-state index is 0.0205. The van der Waals surface area contributed by atoms with Gasteiger partial charge in [0, 0.05) is 35.0 Å². The summed E-state index contributed by atoms with van der Waals surface area (Å²) < 4.78 is 22.3. The third kappa shape index (κ3) is 3.69. The molecule has 3 aliphatic carbocycles. The van der Waals surface area contributed by atoms with Gasteiger partial charge in [0.25, 0.3) is 5.91 Å². The van der Waals surface area contributed by atoms with Crippen molar-refractivity contribution in [1.29, 1.82) is 0 Å². The number of Topliss-reactive ketones (excluding diaryl/α,β-unsaturated/α-hetero) is 2. The van der Waals surface area contributed by atoms with Crippen molar-refractivity contribution < 1.29 is 58.9 Å². The Bertz CT molecular complexity index is 2050. The number of ketones is 2. The van der Waals surface area contributed by atoms with Crippen LogP contribution in [0.15, 0.2) is 59.4 Å². The number of aliphatic hydroxyl groups is 4. The number of para-hydroxylation sites is 1. The van der Waals surface area contributed by atoms with Gasteiger partial charge in [-0.2, -0.15) is 0 Å². The molecule has 5 aliphatic rings. The largest absolute Gasteiger partial charge is 0.508 e. The molecule has 5 unspecified atom stereocenters. The molecular formula is C34H27NO12. The number of benzene rings is 3. The van der Waals surface area contributed by atoms with Gasteiger partial charge >= 0.3 is 0 Å². The molecule has 0 aromatic heterocycles. The van der Waals surface area contributed by atoms with Gasteiger partial charge in [-0.3, -0.25) is 14.4 Å². The highest BCUT2D eigenvalue weighted by molar-refractivity contribution is 6.23. The fraction of sp³-hybridized carbons (Fsp3) is 0.265. The van der Waals surface area contributed by atoms with Gasteiger partial charge in [0.15, 0.2) is 34.4 Å². The Hall–Kier alpha value is -5.53. The fourth-order valence-electron chi connectivity index (χ4n) is 7.80. The normalized spacial score (nSPS) is 27.0. The lowest BCUT2D eigenvalue weighted by atomic mass is 9.55. The van der Waals surface area contributed by atoms with Crippen molar-refractivity contribution >= 4 is 23.2 Å². The number of ether oxygens (including phenoxy) is 4. The standard InChI is InChI=1S/C34H27NO12/c1-12-22-15(13-5-6-19-21(7-13)46-10-44-19)8-16(14-3-2-4-20-30(14)47-11-45-20)27(37)25(22)29(39)26-23(12)28(38)17-9-18(36)24(33(35)42)31(40)34(17,43)32(26)41/h2-8,12,17,23,28,37-40,43H,9-11H2,1H3,(H2,35,42). The zero-order valence-electron chi connectivity index (χ0n) is 24.6. The van der Waals surface area contributed by atoms with Gasteiger partial charge in [-0.1, -0.05) is 25.1 Å². The molecular weight excluding hydrogens is 614 g/mol. The molecule has 8 rings (SSSR count). The van der Waals surface area contributed by atoms with Gasteiger partial charge in [-0.05, 0) is 46.9 Å². The fourth-order valence-corrected chi connectivity index (χ4v) is 7.80. The van der Waals surface area contributed by atoms with E-state index in [1.807, 2.05) is 0 Å². The van der Waals surface area contributed by atoms with Crippen LogP contribution in [-0.2, 0) is 14.4 Å². The second-order valence-corrected chi connectivity index (χ2v) is 12.2. The Morgan fingerprint density at radius 2 is 1.64 bits per heavy atom. The van der Waals surface area contributed by atoms with Crippen molar-refractivity contribution in [1.82, 2.24) is 0 Å². The van der Waals surface area contributed by atoms with E-state index < -0.39 is 81.8 Å². The van der Waals surface area contributed by atoms with E-state index in [0.717, 1.165) is 0 Å². The highest BCUT2D eigenvalue weighted by atomic mass is 16.7. The topological polar surface area (TPSA) is 215 Å². The Balaban J connectivity index is 1.42. The molecule has 1 fully saturated rings. The van der Waals surface area contributed by atoms with Crippen molar-refractivity contribution in [2.45, 2.75) is 31.0 Å². The van der Waals surface area contributed by atoms with Gasteiger partial charge in [-0.25, -0.2) is 0 Å². The molecule has 3 aromatic carbocycles. The number of hydrogen-bond acceptors (Lipinski definition) is 12. The summed E-state index contributed by atoms with van der Waals surface area (Å²) in [7, 11) is 0. The van der Waals surface area contributed by atoms with E-state index >= 15 is 0 Å². The van der Waals surface area contributed by atoms with Crippen LogP contribution in [0.1, 0.15) is 30.4 Å². The maximum absolute atomic E-state index is 14.2. The Labute approximate surface area is 265 Å². The van der Waals surface area contributed by atoms with Crippen LogP contribution in [-0.4, -0.2) is 68.3 Å². The van der Waals surface area contributed by atoms with Gasteiger partial charge in [0.2, 0.25) is 19.4 Å². The lowest BCUT2D eigenvalue weighted by Gasteiger charge is -2.50. The summed E-state index contributed by atoms with van der Waals surface area (Å²) in [5, 5.41) is 58.4. The van der Waals surface area contributed by atoms with E-state index in [0.29, 0.717) is 45.3 Å². The highest BCUT2D eigenvalue weighted by Gasteiger charge is 2.65. The van der Waals surface area contributed by atoms with Crippen molar-refractivity contribution in [2.75, 3.05) is 13.6 Å². The number of primary amides is 1. The smallest absolute Gasteiger partial charge is 0.255 e. The average molecular weight is 642 g/mol.